The molecule has 2 aromatic heterocycles. The molecule has 0 atom stereocenters. The molecule has 8 nitrogen and oxygen atoms in total. The molecule has 0 saturated heterocycles. The van der Waals surface area contributed by atoms with E-state index in [2.05, 4.69) is 15.3 Å². The van der Waals surface area contributed by atoms with Gasteiger partial charge in [0.05, 0.1) is 17.9 Å². The molecule has 30 heavy (non-hydrogen) atoms. The molecule has 2 aliphatic rings. The van der Waals surface area contributed by atoms with Crippen LogP contribution in [0.2, 0.25) is 0 Å². The van der Waals surface area contributed by atoms with E-state index in [4.69, 9.17) is 0 Å². The number of pyridine rings is 1. The molecule has 1 amide bonds. The van der Waals surface area contributed by atoms with Crippen LogP contribution in [-0.4, -0.2) is 39.7 Å². The van der Waals surface area contributed by atoms with Crippen LogP contribution in [0.25, 0.3) is 5.69 Å². The number of carbonyl (C=O) groups excluding carboxylic acids is 1. The summed E-state index contributed by atoms with van der Waals surface area (Å²) in [6, 6.07) is 10.5. The van der Waals surface area contributed by atoms with Crippen molar-refractivity contribution in [2.75, 3.05) is 6.54 Å². The number of fused-ring (bicyclic) bond motifs is 3. The van der Waals surface area contributed by atoms with Gasteiger partial charge in [0.15, 0.2) is 5.69 Å². The Morgan fingerprint density at radius 3 is 2.77 bits per heavy atom. The van der Waals surface area contributed by atoms with E-state index in [1.165, 1.54) is 10.6 Å². The lowest BCUT2D eigenvalue weighted by molar-refractivity contribution is 0.0944. The minimum atomic E-state index is -3.66. The Morgan fingerprint density at radius 2 is 2.00 bits per heavy atom. The molecule has 3 aromatic rings. The van der Waals surface area contributed by atoms with Crippen molar-refractivity contribution in [3.05, 3.63) is 72.1 Å². The predicted octanol–water partition coefficient (Wildman–Crippen LogP) is 2.11. The third kappa shape index (κ3) is 3.40. The second-order valence-electron chi connectivity index (χ2n) is 7.66. The van der Waals surface area contributed by atoms with Gasteiger partial charge in [-0.2, -0.15) is 4.31 Å². The number of nitrogens with one attached hydrogen (secondary N) is 1. The van der Waals surface area contributed by atoms with Crippen molar-refractivity contribution in [2.45, 2.75) is 30.8 Å². The molecule has 5 rings (SSSR count). The van der Waals surface area contributed by atoms with E-state index in [0.29, 0.717) is 30.4 Å². The average Bonchev–Trinajstić information content (AvgIpc) is 3.50. The summed E-state index contributed by atoms with van der Waals surface area (Å²) in [6.45, 7) is 0.890. The van der Waals surface area contributed by atoms with Gasteiger partial charge in [0.2, 0.25) is 10.0 Å². The Labute approximate surface area is 174 Å². The highest BCUT2D eigenvalue weighted by Gasteiger charge is 2.37. The number of imidazole rings is 1. The number of amides is 1. The zero-order chi connectivity index (χ0) is 20.7. The summed E-state index contributed by atoms with van der Waals surface area (Å²) in [5, 5.41) is 2.86. The van der Waals surface area contributed by atoms with Crippen LogP contribution < -0.4 is 5.32 Å². The fraction of sp³-hybridized carbons (Fsp3) is 0.286. The Bertz CT molecular complexity index is 1200. The van der Waals surface area contributed by atoms with Gasteiger partial charge in [-0.1, -0.05) is 18.2 Å². The summed E-state index contributed by atoms with van der Waals surface area (Å²) in [4.78, 5) is 21.5. The zero-order valence-corrected chi connectivity index (χ0v) is 17.0. The first-order valence-corrected chi connectivity index (χ1v) is 11.3. The van der Waals surface area contributed by atoms with E-state index in [0.717, 1.165) is 18.4 Å². The monoisotopic (exact) mass is 423 g/mol. The van der Waals surface area contributed by atoms with Crippen LogP contribution in [0.3, 0.4) is 0 Å². The largest absolute Gasteiger partial charge is 0.347 e. The van der Waals surface area contributed by atoms with Crippen molar-refractivity contribution < 1.29 is 13.2 Å². The fourth-order valence-corrected chi connectivity index (χ4v) is 5.37. The molecular formula is C21H21N5O3S. The number of carbonyl (C=O) groups is 1. The van der Waals surface area contributed by atoms with E-state index >= 15 is 0 Å². The lowest BCUT2D eigenvalue weighted by atomic mass is 10.2. The Morgan fingerprint density at radius 1 is 1.17 bits per heavy atom. The zero-order valence-electron chi connectivity index (χ0n) is 16.2. The van der Waals surface area contributed by atoms with Gasteiger partial charge in [-0.25, -0.2) is 13.4 Å². The number of aromatic nitrogens is 3. The van der Waals surface area contributed by atoms with Crippen molar-refractivity contribution in [3.8, 4) is 5.69 Å². The van der Waals surface area contributed by atoms with Gasteiger partial charge in [-0.05, 0) is 42.5 Å². The third-order valence-electron chi connectivity index (χ3n) is 5.48. The summed E-state index contributed by atoms with van der Waals surface area (Å²) in [5.74, 6) is 0.0417. The summed E-state index contributed by atoms with van der Waals surface area (Å²) in [7, 11) is -3.66. The molecule has 0 bridgehead atoms. The molecule has 1 N–H and O–H groups in total. The van der Waals surface area contributed by atoms with Gasteiger partial charge in [0.25, 0.3) is 5.91 Å². The van der Waals surface area contributed by atoms with Crippen molar-refractivity contribution in [3.63, 3.8) is 0 Å². The second kappa shape index (κ2) is 7.33. The molecule has 1 fully saturated rings. The molecule has 1 aromatic carbocycles. The first-order chi connectivity index (χ1) is 14.5. The number of benzene rings is 1. The van der Waals surface area contributed by atoms with Crippen LogP contribution in [0.15, 0.2) is 60.0 Å². The number of sulfonamides is 1. The maximum atomic E-state index is 13.3. The van der Waals surface area contributed by atoms with E-state index < -0.39 is 10.0 Å². The van der Waals surface area contributed by atoms with Crippen LogP contribution in [0.1, 0.15) is 34.6 Å². The van der Waals surface area contributed by atoms with Gasteiger partial charge in [-0.3, -0.25) is 14.3 Å². The summed E-state index contributed by atoms with van der Waals surface area (Å²) in [6.07, 6.45) is 6.96. The smallest absolute Gasteiger partial charge is 0.272 e. The van der Waals surface area contributed by atoms with Crippen LogP contribution in [-0.2, 0) is 23.1 Å². The van der Waals surface area contributed by atoms with E-state index in [-0.39, 0.29) is 23.0 Å². The van der Waals surface area contributed by atoms with Crippen LogP contribution in [0, 0.1) is 5.92 Å². The Balaban J connectivity index is 1.52. The summed E-state index contributed by atoms with van der Waals surface area (Å²) < 4.78 is 29.9. The normalized spacial score (nSPS) is 17.6. The highest BCUT2D eigenvalue weighted by Crippen LogP contribution is 2.36. The van der Waals surface area contributed by atoms with Gasteiger partial charge < -0.3 is 5.32 Å². The van der Waals surface area contributed by atoms with Crippen molar-refractivity contribution in [1.82, 2.24) is 24.2 Å². The lowest BCUT2D eigenvalue weighted by Crippen LogP contribution is -2.33. The highest BCUT2D eigenvalue weighted by molar-refractivity contribution is 7.89. The molecule has 0 unspecified atom stereocenters. The van der Waals surface area contributed by atoms with Crippen molar-refractivity contribution in [1.29, 1.82) is 0 Å². The average molecular weight is 423 g/mol. The molecule has 0 spiro atoms. The number of rotatable bonds is 5. The van der Waals surface area contributed by atoms with Gasteiger partial charge >= 0.3 is 0 Å². The molecule has 1 saturated carbocycles. The molecular weight excluding hydrogens is 402 g/mol. The molecule has 3 heterocycles. The van der Waals surface area contributed by atoms with Gasteiger partial charge in [0, 0.05) is 25.5 Å². The van der Waals surface area contributed by atoms with E-state index in [1.54, 1.807) is 41.2 Å². The topological polar surface area (TPSA) is 97.2 Å². The summed E-state index contributed by atoms with van der Waals surface area (Å²) in [5.41, 5.74) is 2.21. The number of nitrogens with zero attached hydrogens (tertiary/aromatic N) is 4. The summed E-state index contributed by atoms with van der Waals surface area (Å²) >= 11 is 0. The standard InChI is InChI=1S/C21H21N5O3S/c27-21(23-11-16-4-3-9-22-10-16)20-18-13-25(12-15-7-8-15)30(28,29)19-6-2-1-5-17(19)26(18)14-24-20/h1-6,9-10,14-15H,7-8,11-13H2,(H,23,27). The van der Waals surface area contributed by atoms with Crippen molar-refractivity contribution >= 4 is 15.9 Å². The number of hydrogen-bond donors (Lipinski definition) is 1. The number of para-hydroxylation sites is 1. The first-order valence-electron chi connectivity index (χ1n) is 9.87. The predicted molar refractivity (Wildman–Crippen MR) is 109 cm³/mol. The Hall–Kier alpha value is -3.04. The maximum absolute atomic E-state index is 13.3. The van der Waals surface area contributed by atoms with Crippen molar-refractivity contribution in [2.24, 2.45) is 5.92 Å². The van der Waals surface area contributed by atoms with Crippen LogP contribution in [0.5, 0.6) is 0 Å². The minimum Gasteiger partial charge on any atom is -0.347 e. The quantitative estimate of drug-likeness (QED) is 0.678. The molecule has 1 aliphatic heterocycles. The maximum Gasteiger partial charge on any atom is 0.272 e. The van der Waals surface area contributed by atoms with Crippen LogP contribution >= 0.6 is 0 Å². The first kappa shape index (κ1) is 19.0. The van der Waals surface area contributed by atoms with E-state index in [1.807, 2.05) is 12.1 Å². The lowest BCUT2D eigenvalue weighted by Gasteiger charge is -2.20. The molecule has 9 heteroatoms. The van der Waals surface area contributed by atoms with Crippen LogP contribution in [0.4, 0.5) is 0 Å². The molecule has 0 radical (unpaired) electrons. The Kier molecular flexibility index (Phi) is 4.63. The number of hydrogen-bond acceptors (Lipinski definition) is 5. The second-order valence-corrected chi connectivity index (χ2v) is 9.57. The highest BCUT2D eigenvalue weighted by atomic mass is 32.2. The third-order valence-corrected chi connectivity index (χ3v) is 7.34. The van der Waals surface area contributed by atoms with Gasteiger partial charge in [0.1, 0.15) is 11.2 Å². The van der Waals surface area contributed by atoms with Gasteiger partial charge in [-0.15, -0.1) is 0 Å². The van der Waals surface area contributed by atoms with E-state index in [9.17, 15) is 13.2 Å². The SMILES string of the molecule is O=C(NCc1cccnc1)c1ncn2c1CN(CC1CC1)S(=O)(=O)c1ccccc1-2. The molecule has 154 valence electrons. The fourth-order valence-electron chi connectivity index (χ4n) is 3.71. The minimum absolute atomic E-state index is 0.114. The molecule has 1 aliphatic carbocycles.